The van der Waals surface area contributed by atoms with Gasteiger partial charge in [0.15, 0.2) is 5.69 Å². The Morgan fingerprint density at radius 1 is 1.14 bits per heavy atom. The van der Waals surface area contributed by atoms with E-state index in [9.17, 15) is 4.79 Å². The maximum Gasteiger partial charge on any atom is 0.276 e. The van der Waals surface area contributed by atoms with Crippen molar-refractivity contribution in [1.82, 2.24) is 9.97 Å². The monoisotopic (exact) mass is 389 g/mol. The van der Waals surface area contributed by atoms with Gasteiger partial charge in [-0.1, -0.05) is 26.7 Å². The van der Waals surface area contributed by atoms with Crippen LogP contribution in [-0.4, -0.2) is 21.9 Å². The summed E-state index contributed by atoms with van der Waals surface area (Å²) in [7, 11) is 0. The highest BCUT2D eigenvalue weighted by atomic mass is 16.1. The largest absolute Gasteiger partial charge is 0.397 e. The number of hydrogen-bond donors (Lipinski definition) is 3. The van der Waals surface area contributed by atoms with Crippen molar-refractivity contribution in [1.29, 1.82) is 0 Å². The van der Waals surface area contributed by atoms with Crippen molar-refractivity contribution in [2.45, 2.75) is 45.6 Å². The van der Waals surface area contributed by atoms with Gasteiger partial charge in [-0.15, -0.1) is 0 Å². The molecule has 150 valence electrons. The summed E-state index contributed by atoms with van der Waals surface area (Å²) in [5.74, 6) is 0.577. The second-order valence-electron chi connectivity index (χ2n) is 8.42. The molecule has 1 saturated carbocycles. The van der Waals surface area contributed by atoms with Crippen molar-refractivity contribution < 1.29 is 4.79 Å². The summed E-state index contributed by atoms with van der Waals surface area (Å²) in [4.78, 5) is 21.2. The van der Waals surface area contributed by atoms with Gasteiger partial charge in [0.05, 0.1) is 5.69 Å². The molecule has 1 aliphatic carbocycles. The highest BCUT2D eigenvalue weighted by Crippen LogP contribution is 2.38. The molecule has 0 aliphatic heterocycles. The molecule has 29 heavy (non-hydrogen) atoms. The number of pyridine rings is 2. The first-order valence-corrected chi connectivity index (χ1v) is 10.1. The first-order valence-electron chi connectivity index (χ1n) is 10.1. The van der Waals surface area contributed by atoms with E-state index in [2.05, 4.69) is 34.4 Å². The molecule has 4 rings (SSSR count). The molecule has 2 aromatic heterocycles. The fourth-order valence-corrected chi connectivity index (χ4v) is 4.10. The Bertz CT molecular complexity index is 1050. The molecule has 1 unspecified atom stereocenters. The topological polar surface area (TPSA) is 92.9 Å². The molecular weight excluding hydrogens is 362 g/mol. The lowest BCUT2D eigenvalue weighted by molar-refractivity contribution is 0.102. The van der Waals surface area contributed by atoms with Gasteiger partial charge in [0, 0.05) is 29.5 Å². The van der Waals surface area contributed by atoms with Crippen LogP contribution in [0, 0.1) is 5.41 Å². The number of benzene rings is 1. The number of aromatic nitrogens is 2. The third kappa shape index (κ3) is 4.01. The molecule has 1 aliphatic rings. The van der Waals surface area contributed by atoms with E-state index in [4.69, 9.17) is 5.73 Å². The molecule has 6 heteroatoms. The van der Waals surface area contributed by atoms with Gasteiger partial charge >= 0.3 is 0 Å². The number of nitrogen functional groups attached to an aromatic ring is 1. The lowest BCUT2D eigenvalue weighted by Gasteiger charge is -2.39. The van der Waals surface area contributed by atoms with Gasteiger partial charge < -0.3 is 16.4 Å². The molecule has 1 aromatic carbocycles. The van der Waals surface area contributed by atoms with Crippen LogP contribution in [0.1, 0.15) is 50.0 Å². The molecule has 0 radical (unpaired) electrons. The van der Waals surface area contributed by atoms with E-state index in [1.807, 2.05) is 30.5 Å². The Labute approximate surface area is 170 Å². The summed E-state index contributed by atoms with van der Waals surface area (Å²) in [5, 5.41) is 8.63. The fraction of sp³-hybridized carbons (Fsp3) is 0.348. The molecule has 1 amide bonds. The third-order valence-corrected chi connectivity index (χ3v) is 5.89. The summed E-state index contributed by atoms with van der Waals surface area (Å²) in [6.45, 7) is 4.65. The van der Waals surface area contributed by atoms with E-state index in [1.165, 1.54) is 19.3 Å². The van der Waals surface area contributed by atoms with Gasteiger partial charge in [-0.25, -0.2) is 9.97 Å². The zero-order valence-electron chi connectivity index (χ0n) is 16.9. The lowest BCUT2D eigenvalue weighted by Crippen LogP contribution is -2.39. The molecule has 6 nitrogen and oxygen atoms in total. The molecule has 1 atom stereocenters. The maximum absolute atomic E-state index is 12.5. The first kappa shape index (κ1) is 19.2. The summed E-state index contributed by atoms with van der Waals surface area (Å²) in [6.07, 6.45) is 8.29. The average Bonchev–Trinajstić information content (AvgIpc) is 2.70. The van der Waals surface area contributed by atoms with Crippen LogP contribution in [0.25, 0.3) is 10.8 Å². The number of nitrogens with one attached hydrogen (secondary N) is 2. The second-order valence-corrected chi connectivity index (χ2v) is 8.42. The van der Waals surface area contributed by atoms with Crippen LogP contribution >= 0.6 is 0 Å². The highest BCUT2D eigenvalue weighted by Gasteiger charge is 2.32. The highest BCUT2D eigenvalue weighted by molar-refractivity contribution is 6.07. The Kier molecular flexibility index (Phi) is 5.09. The van der Waals surface area contributed by atoms with Crippen LogP contribution in [0.3, 0.4) is 0 Å². The number of hydrogen-bond acceptors (Lipinski definition) is 5. The molecule has 0 spiro atoms. The van der Waals surface area contributed by atoms with Crippen LogP contribution < -0.4 is 16.4 Å². The van der Waals surface area contributed by atoms with E-state index in [-0.39, 0.29) is 17.0 Å². The summed E-state index contributed by atoms with van der Waals surface area (Å²) >= 11 is 0. The normalized spacial score (nSPS) is 18.3. The third-order valence-electron chi connectivity index (χ3n) is 5.89. The summed E-state index contributed by atoms with van der Waals surface area (Å²) in [6, 6.07) is 11.6. The van der Waals surface area contributed by atoms with Crippen LogP contribution in [0.4, 0.5) is 17.2 Å². The van der Waals surface area contributed by atoms with Gasteiger partial charge in [-0.2, -0.15) is 0 Å². The van der Waals surface area contributed by atoms with Crippen LogP contribution in [-0.2, 0) is 0 Å². The number of fused-ring (bicyclic) bond motifs is 1. The molecule has 0 saturated heterocycles. The molecule has 0 bridgehead atoms. The number of carbonyl (C=O) groups is 1. The van der Waals surface area contributed by atoms with E-state index in [0.717, 1.165) is 23.0 Å². The van der Waals surface area contributed by atoms with Crippen LogP contribution in [0.5, 0.6) is 0 Å². The van der Waals surface area contributed by atoms with E-state index < -0.39 is 0 Å². The number of amides is 1. The smallest absolute Gasteiger partial charge is 0.276 e. The van der Waals surface area contributed by atoms with Gasteiger partial charge in [-0.3, -0.25) is 4.79 Å². The number of nitrogens with two attached hydrogens (primary N) is 1. The predicted molar refractivity (Wildman–Crippen MR) is 118 cm³/mol. The average molecular weight is 390 g/mol. The predicted octanol–water partition coefficient (Wildman–Crippen LogP) is 4.85. The minimum Gasteiger partial charge on any atom is -0.397 e. The Balaban J connectivity index is 1.58. The van der Waals surface area contributed by atoms with Gasteiger partial charge in [-0.05, 0) is 60.0 Å². The number of anilines is 3. The first-order chi connectivity index (χ1) is 13.9. The second kappa shape index (κ2) is 7.70. The number of nitrogens with zero attached hydrogens (tertiary/aromatic N) is 2. The Morgan fingerprint density at radius 2 is 2.00 bits per heavy atom. The molecular formula is C23H27N5O. The zero-order chi connectivity index (χ0) is 20.4. The van der Waals surface area contributed by atoms with Crippen molar-refractivity contribution in [2.24, 2.45) is 5.41 Å². The molecule has 1 fully saturated rings. The molecule has 4 N–H and O–H groups in total. The molecule has 2 heterocycles. The fourth-order valence-electron chi connectivity index (χ4n) is 4.10. The maximum atomic E-state index is 12.5. The van der Waals surface area contributed by atoms with Crippen molar-refractivity contribution in [3.63, 3.8) is 0 Å². The van der Waals surface area contributed by atoms with E-state index in [0.29, 0.717) is 17.4 Å². The van der Waals surface area contributed by atoms with Crippen molar-refractivity contribution in [2.75, 3.05) is 16.4 Å². The summed E-state index contributed by atoms with van der Waals surface area (Å²) < 4.78 is 0. The van der Waals surface area contributed by atoms with Gasteiger partial charge in [0.25, 0.3) is 5.91 Å². The molecule has 3 aromatic rings. The van der Waals surface area contributed by atoms with Crippen LogP contribution in [0.2, 0.25) is 0 Å². The standard InChI is InChI=1S/C23H27N5O/c1-23(2)11-4-3-7-19(23)28-21-17-9-8-16(14-15(17)10-13-26-21)27-22(29)20-18(24)6-5-12-25-20/h5-6,8-10,12-14,19H,3-4,7,11,24H2,1-2H3,(H,26,28)(H,27,29). The van der Waals surface area contributed by atoms with E-state index >= 15 is 0 Å². The van der Waals surface area contributed by atoms with Crippen molar-refractivity contribution in [3.8, 4) is 0 Å². The zero-order valence-corrected chi connectivity index (χ0v) is 16.9. The number of carbonyl (C=O) groups excluding carboxylic acids is 1. The van der Waals surface area contributed by atoms with Gasteiger partial charge in [0.1, 0.15) is 5.82 Å². The van der Waals surface area contributed by atoms with Crippen molar-refractivity contribution in [3.05, 3.63) is 54.5 Å². The Hall–Kier alpha value is -3.15. The Morgan fingerprint density at radius 3 is 2.79 bits per heavy atom. The minimum absolute atomic E-state index is 0.226. The van der Waals surface area contributed by atoms with Crippen molar-refractivity contribution >= 4 is 33.9 Å². The lowest BCUT2D eigenvalue weighted by atomic mass is 9.73. The SMILES string of the molecule is CC1(C)CCCCC1Nc1nccc2cc(NC(=O)c3ncccc3N)ccc12. The number of rotatable bonds is 4. The minimum atomic E-state index is -0.321. The quantitative estimate of drug-likeness (QED) is 0.593. The summed E-state index contributed by atoms with van der Waals surface area (Å²) in [5.41, 5.74) is 7.39. The van der Waals surface area contributed by atoms with Gasteiger partial charge in [0.2, 0.25) is 0 Å². The van der Waals surface area contributed by atoms with E-state index in [1.54, 1.807) is 18.3 Å². The van der Waals surface area contributed by atoms with Crippen LogP contribution in [0.15, 0.2) is 48.8 Å².